The van der Waals surface area contributed by atoms with Crippen molar-refractivity contribution in [2.45, 2.75) is 19.3 Å². The number of nitrogens with two attached hydrogens (primary N) is 1. The monoisotopic (exact) mass is 192 g/mol. The zero-order chi connectivity index (χ0) is 9.23. The van der Waals surface area contributed by atoms with E-state index in [1.165, 1.54) is 11.9 Å². The number of hydrogen-bond donors (Lipinski definition) is 3. The van der Waals surface area contributed by atoms with Crippen LogP contribution in [0.25, 0.3) is 0 Å². The van der Waals surface area contributed by atoms with Gasteiger partial charge in [-0.05, 0) is 19.4 Å². The highest BCUT2D eigenvalue weighted by Gasteiger charge is 1.94. The molecule has 5 heteroatoms. The van der Waals surface area contributed by atoms with E-state index in [-0.39, 0.29) is 6.54 Å². The van der Waals surface area contributed by atoms with Crippen LogP contribution >= 0.6 is 11.9 Å². The molecule has 4 nitrogen and oxygen atoms in total. The van der Waals surface area contributed by atoms with Gasteiger partial charge in [-0.1, -0.05) is 18.4 Å². The second-order valence-corrected chi connectivity index (χ2v) is 3.40. The van der Waals surface area contributed by atoms with Crippen LogP contribution in [0.2, 0.25) is 0 Å². The summed E-state index contributed by atoms with van der Waals surface area (Å²) < 4.78 is 2.75. The first-order valence-corrected chi connectivity index (χ1v) is 5.02. The maximum absolute atomic E-state index is 10.0. The summed E-state index contributed by atoms with van der Waals surface area (Å²) >= 11 is 1.46. The zero-order valence-corrected chi connectivity index (χ0v) is 7.90. The van der Waals surface area contributed by atoms with E-state index in [0.717, 1.165) is 31.6 Å². The van der Waals surface area contributed by atoms with Crippen molar-refractivity contribution >= 4 is 17.9 Å². The maximum Gasteiger partial charge on any atom is 0.318 e. The quantitative estimate of drug-likeness (QED) is 0.384. The molecule has 0 heterocycles. The molecule has 0 fully saturated rings. The summed E-state index contributed by atoms with van der Waals surface area (Å²) in [7, 11) is 0. The highest BCUT2D eigenvalue weighted by molar-refractivity contribution is 7.97. The number of unbranched alkanes of at least 4 members (excludes halogenated alkanes) is 2. The van der Waals surface area contributed by atoms with Gasteiger partial charge in [-0.15, -0.1) is 0 Å². The molecule has 0 radical (unpaired) electrons. The minimum Gasteiger partial charge on any atom is -0.480 e. The molecule has 0 aliphatic heterocycles. The molecule has 0 bridgehead atoms. The molecule has 0 aliphatic rings. The summed E-state index contributed by atoms with van der Waals surface area (Å²) in [6.45, 7) is 0.773. The highest BCUT2D eigenvalue weighted by Crippen LogP contribution is 2.01. The van der Waals surface area contributed by atoms with E-state index < -0.39 is 5.97 Å². The number of hydrogen-bond acceptors (Lipinski definition) is 4. The Morgan fingerprint density at radius 3 is 2.75 bits per heavy atom. The lowest BCUT2D eigenvalue weighted by Crippen LogP contribution is -2.16. The Morgan fingerprint density at radius 1 is 1.42 bits per heavy atom. The maximum atomic E-state index is 10.0. The van der Waals surface area contributed by atoms with E-state index in [1.54, 1.807) is 0 Å². The van der Waals surface area contributed by atoms with Crippen LogP contribution in [0.15, 0.2) is 0 Å². The van der Waals surface area contributed by atoms with Crippen molar-refractivity contribution in [1.29, 1.82) is 0 Å². The van der Waals surface area contributed by atoms with Gasteiger partial charge in [0.05, 0.1) is 0 Å². The van der Waals surface area contributed by atoms with Crippen LogP contribution in [-0.2, 0) is 4.79 Å². The summed E-state index contributed by atoms with van der Waals surface area (Å²) in [5, 5.41) is 8.26. The molecule has 0 saturated carbocycles. The lowest BCUT2D eigenvalue weighted by Gasteiger charge is -2.00. The molecule has 0 aromatic heterocycles. The van der Waals surface area contributed by atoms with Gasteiger partial charge < -0.3 is 10.8 Å². The average molecular weight is 192 g/mol. The van der Waals surface area contributed by atoms with Gasteiger partial charge in [0, 0.05) is 5.75 Å². The summed E-state index contributed by atoms with van der Waals surface area (Å²) in [5.41, 5.74) is 5.31. The van der Waals surface area contributed by atoms with E-state index in [2.05, 4.69) is 4.72 Å². The Kier molecular flexibility index (Phi) is 8.64. The third kappa shape index (κ3) is 9.74. The molecule has 0 saturated heterocycles. The van der Waals surface area contributed by atoms with Gasteiger partial charge >= 0.3 is 5.97 Å². The molecular formula is C7H16N2O2S. The van der Waals surface area contributed by atoms with Gasteiger partial charge in [-0.2, -0.15) is 0 Å². The van der Waals surface area contributed by atoms with E-state index >= 15 is 0 Å². The summed E-state index contributed by atoms with van der Waals surface area (Å²) in [6.07, 6.45) is 3.27. The summed E-state index contributed by atoms with van der Waals surface area (Å²) in [4.78, 5) is 10.0. The number of carboxylic acids is 1. The number of carboxylic acid groups (broad SMARTS) is 1. The molecule has 0 spiro atoms. The van der Waals surface area contributed by atoms with Crippen molar-refractivity contribution < 1.29 is 9.90 Å². The highest BCUT2D eigenvalue weighted by atomic mass is 32.2. The molecule has 12 heavy (non-hydrogen) atoms. The van der Waals surface area contributed by atoms with Crippen LogP contribution in [0, 0.1) is 0 Å². The molecule has 0 aliphatic carbocycles. The van der Waals surface area contributed by atoms with Gasteiger partial charge in [-0.3, -0.25) is 9.52 Å². The van der Waals surface area contributed by atoms with Crippen molar-refractivity contribution in [1.82, 2.24) is 4.72 Å². The minimum absolute atomic E-state index is 0.0293. The van der Waals surface area contributed by atoms with Crippen molar-refractivity contribution in [2.24, 2.45) is 5.73 Å². The van der Waals surface area contributed by atoms with Gasteiger partial charge in [-0.25, -0.2) is 0 Å². The topological polar surface area (TPSA) is 75.3 Å². The Labute approximate surface area is 77.0 Å². The van der Waals surface area contributed by atoms with Gasteiger partial charge in [0.25, 0.3) is 0 Å². The van der Waals surface area contributed by atoms with E-state index in [4.69, 9.17) is 10.8 Å². The Balaban J connectivity index is 2.86. The van der Waals surface area contributed by atoms with E-state index in [0.29, 0.717) is 0 Å². The first-order chi connectivity index (χ1) is 5.77. The summed E-state index contributed by atoms with van der Waals surface area (Å²) in [6, 6.07) is 0. The molecule has 72 valence electrons. The zero-order valence-electron chi connectivity index (χ0n) is 7.08. The molecule has 0 aromatic carbocycles. The standard InChI is InChI=1S/C7H16N2O2S/c8-4-2-1-3-5-12-9-6-7(10)11/h9H,1-6,8H2,(H,10,11). The van der Waals surface area contributed by atoms with Crippen molar-refractivity contribution in [3.8, 4) is 0 Å². The largest absolute Gasteiger partial charge is 0.480 e. The minimum atomic E-state index is -0.815. The third-order valence-electron chi connectivity index (χ3n) is 1.28. The van der Waals surface area contributed by atoms with Crippen LogP contribution < -0.4 is 10.5 Å². The Morgan fingerprint density at radius 2 is 2.17 bits per heavy atom. The average Bonchev–Trinajstić information content (AvgIpc) is 2.02. The van der Waals surface area contributed by atoms with Crippen LogP contribution in [0.1, 0.15) is 19.3 Å². The lowest BCUT2D eigenvalue weighted by atomic mass is 10.2. The fourth-order valence-corrected chi connectivity index (χ4v) is 1.40. The fraction of sp³-hybridized carbons (Fsp3) is 0.857. The molecule has 0 rings (SSSR count). The van der Waals surface area contributed by atoms with Gasteiger partial charge in [0.15, 0.2) is 0 Å². The Hall–Kier alpha value is -0.260. The molecule has 0 atom stereocenters. The van der Waals surface area contributed by atoms with Gasteiger partial charge in [0.1, 0.15) is 6.54 Å². The number of nitrogens with one attached hydrogen (secondary N) is 1. The Bertz CT molecular complexity index is 122. The van der Waals surface area contributed by atoms with Crippen molar-refractivity contribution in [3.63, 3.8) is 0 Å². The van der Waals surface area contributed by atoms with Crippen molar-refractivity contribution in [3.05, 3.63) is 0 Å². The van der Waals surface area contributed by atoms with Crippen LogP contribution in [-0.4, -0.2) is 29.9 Å². The first kappa shape index (κ1) is 11.7. The summed E-state index contributed by atoms with van der Waals surface area (Å²) in [5.74, 6) is 0.136. The smallest absolute Gasteiger partial charge is 0.318 e. The third-order valence-corrected chi connectivity index (χ3v) is 2.12. The molecular weight excluding hydrogens is 176 g/mol. The molecule has 4 N–H and O–H groups in total. The number of carbonyl (C=O) groups is 1. The normalized spacial score (nSPS) is 10.1. The van der Waals surface area contributed by atoms with Crippen LogP contribution in [0.5, 0.6) is 0 Å². The number of rotatable bonds is 8. The second-order valence-electron chi connectivity index (χ2n) is 2.41. The van der Waals surface area contributed by atoms with Crippen LogP contribution in [0.4, 0.5) is 0 Å². The lowest BCUT2D eigenvalue weighted by molar-refractivity contribution is -0.135. The first-order valence-electron chi connectivity index (χ1n) is 4.04. The van der Waals surface area contributed by atoms with Crippen LogP contribution in [0.3, 0.4) is 0 Å². The second kappa shape index (κ2) is 8.83. The predicted molar refractivity (Wildman–Crippen MR) is 51.0 cm³/mol. The predicted octanol–water partition coefficient (Wildman–Crippen LogP) is 0.438. The van der Waals surface area contributed by atoms with E-state index in [9.17, 15) is 4.79 Å². The van der Waals surface area contributed by atoms with Crippen molar-refractivity contribution in [2.75, 3.05) is 18.8 Å². The number of aliphatic carboxylic acids is 1. The molecule has 0 aromatic rings. The molecule has 0 unspecified atom stereocenters. The van der Waals surface area contributed by atoms with Gasteiger partial charge in [0.2, 0.25) is 0 Å². The van der Waals surface area contributed by atoms with E-state index in [1.807, 2.05) is 0 Å². The molecule has 0 amide bonds. The SMILES string of the molecule is NCCCCCSNCC(=O)O. The fourth-order valence-electron chi connectivity index (χ4n) is 0.680.